The average Bonchev–Trinajstić information content (AvgIpc) is 3.16. The van der Waals surface area contributed by atoms with Gasteiger partial charge >= 0.3 is 0 Å². The number of hydrogen-bond donors (Lipinski definition) is 0. The first-order chi connectivity index (χ1) is 15.6. The monoisotopic (exact) mass is 449 g/mol. The zero-order chi connectivity index (χ0) is 22.1. The standard InChI is InChI=1S/C24H21ClFN5O/c25-18-5-6-22-20(14-18)21(16-31(22)15-17-3-1-4-19(26)13-17)23(32)29-9-11-30(12-10-29)24-27-7-2-8-28-24/h1-8,13-14,16H,9-12,15H2. The van der Waals surface area contributed by atoms with Crippen molar-refractivity contribution in [2.45, 2.75) is 6.54 Å². The lowest BCUT2D eigenvalue weighted by Crippen LogP contribution is -2.49. The van der Waals surface area contributed by atoms with Crippen LogP contribution in [0.3, 0.4) is 0 Å². The molecule has 1 amide bonds. The Morgan fingerprint density at radius 2 is 1.78 bits per heavy atom. The minimum Gasteiger partial charge on any atom is -0.342 e. The van der Waals surface area contributed by atoms with Crippen molar-refractivity contribution in [1.29, 1.82) is 0 Å². The average molecular weight is 450 g/mol. The Morgan fingerprint density at radius 3 is 2.53 bits per heavy atom. The van der Waals surface area contributed by atoms with Gasteiger partial charge in [-0.15, -0.1) is 0 Å². The predicted octanol–water partition coefficient (Wildman–Crippen LogP) is 4.23. The van der Waals surface area contributed by atoms with Gasteiger partial charge in [-0.05, 0) is 42.0 Å². The zero-order valence-electron chi connectivity index (χ0n) is 17.3. The van der Waals surface area contributed by atoms with Gasteiger partial charge in [0, 0.05) is 67.2 Å². The molecule has 32 heavy (non-hydrogen) atoms. The molecular formula is C24H21ClFN5O. The molecule has 3 heterocycles. The Morgan fingerprint density at radius 1 is 1.00 bits per heavy atom. The number of hydrogen-bond acceptors (Lipinski definition) is 4. The number of nitrogens with zero attached hydrogens (tertiary/aromatic N) is 5. The maximum atomic E-state index is 13.7. The fraction of sp³-hybridized carbons (Fsp3) is 0.208. The second kappa shape index (κ2) is 8.59. The van der Waals surface area contributed by atoms with Crippen LogP contribution in [0.4, 0.5) is 10.3 Å². The van der Waals surface area contributed by atoms with E-state index in [9.17, 15) is 9.18 Å². The van der Waals surface area contributed by atoms with Gasteiger partial charge in [0.05, 0.1) is 5.56 Å². The summed E-state index contributed by atoms with van der Waals surface area (Å²) in [7, 11) is 0. The summed E-state index contributed by atoms with van der Waals surface area (Å²) in [6, 6.07) is 13.8. The van der Waals surface area contributed by atoms with Gasteiger partial charge in [-0.25, -0.2) is 14.4 Å². The summed E-state index contributed by atoms with van der Waals surface area (Å²) in [6.45, 7) is 2.95. The van der Waals surface area contributed by atoms with E-state index >= 15 is 0 Å². The number of benzene rings is 2. The minimum atomic E-state index is -0.279. The van der Waals surface area contributed by atoms with Gasteiger partial charge < -0.3 is 14.4 Å². The molecule has 162 valence electrons. The Kier molecular flexibility index (Phi) is 5.49. The van der Waals surface area contributed by atoms with Crippen LogP contribution >= 0.6 is 11.6 Å². The second-order valence-corrected chi connectivity index (χ2v) is 8.23. The number of amides is 1. The van der Waals surface area contributed by atoms with Crippen molar-refractivity contribution in [1.82, 2.24) is 19.4 Å². The van der Waals surface area contributed by atoms with E-state index in [4.69, 9.17) is 11.6 Å². The number of fused-ring (bicyclic) bond motifs is 1. The molecule has 2 aromatic heterocycles. The number of aromatic nitrogens is 3. The lowest BCUT2D eigenvalue weighted by molar-refractivity contribution is 0.0748. The Balaban J connectivity index is 1.41. The first kappa shape index (κ1) is 20.5. The van der Waals surface area contributed by atoms with Crippen molar-refractivity contribution in [3.63, 3.8) is 0 Å². The van der Waals surface area contributed by atoms with Crippen molar-refractivity contribution >= 4 is 34.4 Å². The number of rotatable bonds is 4. The van der Waals surface area contributed by atoms with E-state index in [1.165, 1.54) is 12.1 Å². The Labute approximate surface area is 189 Å². The maximum Gasteiger partial charge on any atom is 0.256 e. The van der Waals surface area contributed by atoms with E-state index < -0.39 is 0 Å². The van der Waals surface area contributed by atoms with Crippen molar-refractivity contribution in [3.05, 3.63) is 89.1 Å². The van der Waals surface area contributed by atoms with E-state index in [0.717, 1.165) is 16.5 Å². The lowest BCUT2D eigenvalue weighted by Gasteiger charge is -2.34. The van der Waals surface area contributed by atoms with E-state index in [1.807, 2.05) is 33.9 Å². The van der Waals surface area contributed by atoms with Gasteiger partial charge in [0.2, 0.25) is 5.95 Å². The molecule has 5 rings (SSSR count). The molecule has 1 aliphatic heterocycles. The summed E-state index contributed by atoms with van der Waals surface area (Å²) < 4.78 is 15.6. The molecule has 0 saturated carbocycles. The third-order valence-electron chi connectivity index (χ3n) is 5.72. The smallest absolute Gasteiger partial charge is 0.256 e. The third kappa shape index (κ3) is 4.03. The molecule has 0 aliphatic carbocycles. The summed E-state index contributed by atoms with van der Waals surface area (Å²) in [4.78, 5) is 26.0. The van der Waals surface area contributed by atoms with Crippen molar-refractivity contribution in [2.75, 3.05) is 31.1 Å². The Hall–Kier alpha value is -3.45. The minimum absolute atomic E-state index is 0.0381. The molecule has 0 N–H and O–H groups in total. The summed E-state index contributed by atoms with van der Waals surface area (Å²) in [5.74, 6) is 0.362. The van der Waals surface area contributed by atoms with E-state index in [2.05, 4.69) is 14.9 Å². The van der Waals surface area contributed by atoms with Crippen molar-refractivity contribution < 1.29 is 9.18 Å². The number of piperazine rings is 1. The van der Waals surface area contributed by atoms with Crippen LogP contribution in [-0.4, -0.2) is 51.5 Å². The van der Waals surface area contributed by atoms with E-state index in [-0.39, 0.29) is 11.7 Å². The zero-order valence-corrected chi connectivity index (χ0v) is 18.0. The molecule has 1 fully saturated rings. The number of halogens is 2. The molecule has 8 heteroatoms. The Bertz CT molecular complexity index is 1270. The quantitative estimate of drug-likeness (QED) is 0.467. The van der Waals surface area contributed by atoms with E-state index in [1.54, 1.807) is 30.6 Å². The summed E-state index contributed by atoms with van der Waals surface area (Å²) in [5.41, 5.74) is 2.31. The fourth-order valence-corrected chi connectivity index (χ4v) is 4.31. The van der Waals surface area contributed by atoms with Crippen LogP contribution in [0.2, 0.25) is 5.02 Å². The number of carbonyl (C=O) groups excluding carboxylic acids is 1. The van der Waals surface area contributed by atoms with Gasteiger partial charge in [0.25, 0.3) is 5.91 Å². The van der Waals surface area contributed by atoms with Crippen molar-refractivity contribution in [3.8, 4) is 0 Å². The summed E-state index contributed by atoms with van der Waals surface area (Å²) in [5, 5.41) is 1.37. The molecular weight excluding hydrogens is 429 g/mol. The first-order valence-electron chi connectivity index (χ1n) is 10.4. The fourth-order valence-electron chi connectivity index (χ4n) is 4.14. The molecule has 1 aliphatic rings. The van der Waals surface area contributed by atoms with Crippen molar-refractivity contribution in [2.24, 2.45) is 0 Å². The summed E-state index contributed by atoms with van der Waals surface area (Å²) >= 11 is 6.25. The van der Waals surface area contributed by atoms with Crippen LogP contribution < -0.4 is 4.90 Å². The first-order valence-corrected chi connectivity index (χ1v) is 10.8. The second-order valence-electron chi connectivity index (χ2n) is 7.79. The largest absolute Gasteiger partial charge is 0.342 e. The van der Waals surface area contributed by atoms with Gasteiger partial charge in [-0.1, -0.05) is 23.7 Å². The van der Waals surface area contributed by atoms with Gasteiger partial charge in [0.1, 0.15) is 5.82 Å². The predicted molar refractivity (Wildman–Crippen MR) is 123 cm³/mol. The molecule has 6 nitrogen and oxygen atoms in total. The highest BCUT2D eigenvalue weighted by atomic mass is 35.5. The molecule has 1 saturated heterocycles. The van der Waals surface area contributed by atoms with Crippen LogP contribution in [0.5, 0.6) is 0 Å². The highest BCUT2D eigenvalue weighted by Gasteiger charge is 2.26. The normalized spacial score (nSPS) is 14.2. The van der Waals surface area contributed by atoms with Gasteiger partial charge in [0.15, 0.2) is 0 Å². The van der Waals surface area contributed by atoms with Crippen LogP contribution in [0, 0.1) is 5.82 Å². The highest BCUT2D eigenvalue weighted by Crippen LogP contribution is 2.27. The molecule has 0 spiro atoms. The number of carbonyl (C=O) groups is 1. The van der Waals surface area contributed by atoms with Crippen LogP contribution in [-0.2, 0) is 6.54 Å². The topological polar surface area (TPSA) is 54.3 Å². The van der Waals surface area contributed by atoms with E-state index in [0.29, 0.717) is 49.3 Å². The van der Waals surface area contributed by atoms with Gasteiger partial charge in [-0.3, -0.25) is 4.79 Å². The molecule has 0 radical (unpaired) electrons. The molecule has 0 atom stereocenters. The highest BCUT2D eigenvalue weighted by molar-refractivity contribution is 6.31. The maximum absolute atomic E-state index is 13.7. The lowest BCUT2D eigenvalue weighted by atomic mass is 10.1. The summed E-state index contributed by atoms with van der Waals surface area (Å²) in [6.07, 6.45) is 5.29. The van der Waals surface area contributed by atoms with Gasteiger partial charge in [-0.2, -0.15) is 0 Å². The van der Waals surface area contributed by atoms with Crippen LogP contribution in [0.15, 0.2) is 67.1 Å². The third-order valence-corrected chi connectivity index (χ3v) is 5.95. The SMILES string of the molecule is O=C(c1cn(Cc2cccc(F)c2)c2ccc(Cl)cc12)N1CCN(c2ncccn2)CC1. The number of anilines is 1. The van der Waals surface area contributed by atoms with Crippen LogP contribution in [0.1, 0.15) is 15.9 Å². The molecule has 4 aromatic rings. The molecule has 0 unspecified atom stereocenters. The van der Waals surface area contributed by atoms with Crippen LogP contribution in [0.25, 0.3) is 10.9 Å². The molecule has 0 bridgehead atoms. The molecule has 2 aromatic carbocycles.